The highest BCUT2D eigenvalue weighted by atomic mass is 16.5. The van der Waals surface area contributed by atoms with Crippen molar-refractivity contribution in [2.45, 2.75) is 20.3 Å². The number of rotatable bonds is 7. The van der Waals surface area contributed by atoms with E-state index < -0.39 is 0 Å². The van der Waals surface area contributed by atoms with Crippen LogP contribution in [0.4, 0.5) is 5.69 Å². The average Bonchev–Trinajstić information content (AvgIpc) is 2.55. The summed E-state index contributed by atoms with van der Waals surface area (Å²) in [5, 5.41) is 2.78. The first-order chi connectivity index (χ1) is 10.7. The van der Waals surface area contributed by atoms with Crippen molar-refractivity contribution >= 4 is 11.6 Å². The molecule has 0 aromatic heterocycles. The van der Waals surface area contributed by atoms with Crippen LogP contribution in [0.5, 0.6) is 11.5 Å². The first kappa shape index (κ1) is 15.9. The van der Waals surface area contributed by atoms with Crippen LogP contribution in [-0.2, 0) is 11.2 Å². The SMILES string of the molecule is CCOc1ccc(NC(=O)COc2ccc(CC)cc2)cc1. The standard InChI is InChI=1S/C18H21NO3/c1-3-14-5-9-17(10-6-14)22-13-18(20)19-15-7-11-16(12-8-15)21-4-2/h5-12H,3-4,13H2,1-2H3,(H,19,20). The minimum absolute atomic E-state index is 0.0152. The lowest BCUT2D eigenvalue weighted by Gasteiger charge is -2.09. The molecule has 2 rings (SSSR count). The van der Waals surface area contributed by atoms with E-state index in [2.05, 4.69) is 12.2 Å². The van der Waals surface area contributed by atoms with Crippen molar-refractivity contribution in [2.24, 2.45) is 0 Å². The Morgan fingerprint density at radius 1 is 0.909 bits per heavy atom. The van der Waals surface area contributed by atoms with E-state index >= 15 is 0 Å². The Kier molecular flexibility index (Phi) is 5.83. The van der Waals surface area contributed by atoms with Crippen molar-refractivity contribution < 1.29 is 14.3 Å². The molecule has 0 saturated carbocycles. The molecule has 0 atom stereocenters. The molecule has 116 valence electrons. The minimum atomic E-state index is -0.191. The number of aryl methyl sites for hydroxylation is 1. The number of nitrogens with one attached hydrogen (secondary N) is 1. The third kappa shape index (κ3) is 4.81. The van der Waals surface area contributed by atoms with Gasteiger partial charge in [-0.05, 0) is 55.3 Å². The van der Waals surface area contributed by atoms with Crippen molar-refractivity contribution in [3.05, 3.63) is 54.1 Å². The smallest absolute Gasteiger partial charge is 0.262 e. The monoisotopic (exact) mass is 299 g/mol. The summed E-state index contributed by atoms with van der Waals surface area (Å²) < 4.78 is 10.8. The van der Waals surface area contributed by atoms with Gasteiger partial charge in [0.25, 0.3) is 5.91 Å². The van der Waals surface area contributed by atoms with E-state index in [0.29, 0.717) is 12.4 Å². The number of anilines is 1. The number of benzene rings is 2. The van der Waals surface area contributed by atoms with Crippen LogP contribution in [0.2, 0.25) is 0 Å². The Labute approximate surface area is 131 Å². The molecule has 0 unspecified atom stereocenters. The van der Waals surface area contributed by atoms with Crippen molar-refractivity contribution in [3.8, 4) is 11.5 Å². The Hall–Kier alpha value is -2.49. The molecule has 0 bridgehead atoms. The van der Waals surface area contributed by atoms with Crippen molar-refractivity contribution in [3.63, 3.8) is 0 Å². The maximum absolute atomic E-state index is 11.9. The molecule has 0 spiro atoms. The molecule has 1 N–H and O–H groups in total. The van der Waals surface area contributed by atoms with E-state index in [-0.39, 0.29) is 12.5 Å². The summed E-state index contributed by atoms with van der Waals surface area (Å²) in [4.78, 5) is 11.9. The van der Waals surface area contributed by atoms with Crippen LogP contribution in [-0.4, -0.2) is 19.1 Å². The largest absolute Gasteiger partial charge is 0.494 e. The van der Waals surface area contributed by atoms with Gasteiger partial charge in [-0.1, -0.05) is 19.1 Å². The lowest BCUT2D eigenvalue weighted by Crippen LogP contribution is -2.20. The lowest BCUT2D eigenvalue weighted by molar-refractivity contribution is -0.118. The Balaban J connectivity index is 1.81. The van der Waals surface area contributed by atoms with E-state index in [9.17, 15) is 4.79 Å². The van der Waals surface area contributed by atoms with E-state index in [0.717, 1.165) is 17.9 Å². The van der Waals surface area contributed by atoms with Crippen molar-refractivity contribution in [2.75, 3.05) is 18.5 Å². The molecule has 1 amide bonds. The molecule has 4 nitrogen and oxygen atoms in total. The predicted octanol–water partition coefficient (Wildman–Crippen LogP) is 3.67. The normalized spacial score (nSPS) is 10.1. The summed E-state index contributed by atoms with van der Waals surface area (Å²) in [7, 11) is 0. The van der Waals surface area contributed by atoms with E-state index in [1.165, 1.54) is 5.56 Å². The molecule has 0 fully saturated rings. The molecule has 0 aliphatic heterocycles. The van der Waals surface area contributed by atoms with Gasteiger partial charge in [-0.3, -0.25) is 4.79 Å². The second kappa shape index (κ2) is 8.08. The predicted molar refractivity (Wildman–Crippen MR) is 87.6 cm³/mol. The van der Waals surface area contributed by atoms with Crippen LogP contribution in [0.1, 0.15) is 19.4 Å². The quantitative estimate of drug-likeness (QED) is 0.848. The molecule has 22 heavy (non-hydrogen) atoms. The maximum atomic E-state index is 11.9. The molecule has 0 aliphatic carbocycles. The summed E-state index contributed by atoms with van der Waals surface area (Å²) in [6.45, 7) is 4.63. The molecule has 0 saturated heterocycles. The van der Waals surface area contributed by atoms with Crippen LogP contribution >= 0.6 is 0 Å². The molecule has 0 radical (unpaired) electrons. The van der Waals surface area contributed by atoms with Crippen molar-refractivity contribution in [1.29, 1.82) is 0 Å². The van der Waals surface area contributed by atoms with Crippen LogP contribution < -0.4 is 14.8 Å². The van der Waals surface area contributed by atoms with E-state index in [1.807, 2.05) is 43.3 Å². The maximum Gasteiger partial charge on any atom is 0.262 e. The van der Waals surface area contributed by atoms with Gasteiger partial charge >= 0.3 is 0 Å². The minimum Gasteiger partial charge on any atom is -0.494 e. The van der Waals surface area contributed by atoms with Gasteiger partial charge in [-0.15, -0.1) is 0 Å². The first-order valence-electron chi connectivity index (χ1n) is 7.45. The number of carbonyl (C=O) groups excluding carboxylic acids is 1. The highest BCUT2D eigenvalue weighted by molar-refractivity contribution is 5.91. The number of ether oxygens (including phenoxy) is 2. The third-order valence-corrected chi connectivity index (χ3v) is 3.15. The van der Waals surface area contributed by atoms with Gasteiger partial charge in [0.15, 0.2) is 6.61 Å². The molecule has 0 aliphatic rings. The number of amides is 1. The van der Waals surface area contributed by atoms with E-state index in [1.54, 1.807) is 12.1 Å². The third-order valence-electron chi connectivity index (χ3n) is 3.15. The number of carbonyl (C=O) groups is 1. The van der Waals surface area contributed by atoms with Gasteiger partial charge in [0.2, 0.25) is 0 Å². The second-order valence-electron chi connectivity index (χ2n) is 4.79. The Morgan fingerprint density at radius 3 is 2.09 bits per heavy atom. The number of hydrogen-bond acceptors (Lipinski definition) is 3. The van der Waals surface area contributed by atoms with E-state index in [4.69, 9.17) is 9.47 Å². The molecule has 4 heteroatoms. The fourth-order valence-electron chi connectivity index (χ4n) is 1.97. The summed E-state index contributed by atoms with van der Waals surface area (Å²) in [6.07, 6.45) is 0.985. The Bertz CT molecular complexity index is 591. The zero-order valence-electron chi connectivity index (χ0n) is 13.0. The molecular weight excluding hydrogens is 278 g/mol. The molecule has 2 aromatic carbocycles. The zero-order chi connectivity index (χ0) is 15.8. The average molecular weight is 299 g/mol. The van der Waals surface area contributed by atoms with Gasteiger partial charge in [-0.25, -0.2) is 0 Å². The second-order valence-corrected chi connectivity index (χ2v) is 4.79. The highest BCUT2D eigenvalue weighted by Crippen LogP contribution is 2.16. The fraction of sp³-hybridized carbons (Fsp3) is 0.278. The fourth-order valence-corrected chi connectivity index (χ4v) is 1.97. The molecule has 0 heterocycles. The van der Waals surface area contributed by atoms with Gasteiger partial charge in [0.05, 0.1) is 6.61 Å². The zero-order valence-corrected chi connectivity index (χ0v) is 13.0. The first-order valence-corrected chi connectivity index (χ1v) is 7.45. The topological polar surface area (TPSA) is 47.6 Å². The van der Waals surface area contributed by atoms with Gasteiger partial charge in [0, 0.05) is 5.69 Å². The summed E-state index contributed by atoms with van der Waals surface area (Å²) in [6, 6.07) is 15.0. The van der Waals surface area contributed by atoms with Gasteiger partial charge < -0.3 is 14.8 Å². The van der Waals surface area contributed by atoms with Crippen LogP contribution in [0, 0.1) is 0 Å². The van der Waals surface area contributed by atoms with Crippen LogP contribution in [0.25, 0.3) is 0 Å². The molecular formula is C18H21NO3. The lowest BCUT2D eigenvalue weighted by atomic mass is 10.2. The number of hydrogen-bond donors (Lipinski definition) is 1. The highest BCUT2D eigenvalue weighted by Gasteiger charge is 2.04. The van der Waals surface area contributed by atoms with Crippen LogP contribution in [0.15, 0.2) is 48.5 Å². The van der Waals surface area contributed by atoms with Gasteiger partial charge in [0.1, 0.15) is 11.5 Å². The summed E-state index contributed by atoms with van der Waals surface area (Å²) in [5.74, 6) is 1.29. The Morgan fingerprint density at radius 2 is 1.50 bits per heavy atom. The van der Waals surface area contributed by atoms with Crippen LogP contribution in [0.3, 0.4) is 0 Å². The summed E-state index contributed by atoms with van der Waals surface area (Å²) in [5.41, 5.74) is 1.96. The summed E-state index contributed by atoms with van der Waals surface area (Å²) >= 11 is 0. The molecule has 2 aromatic rings. The van der Waals surface area contributed by atoms with Gasteiger partial charge in [-0.2, -0.15) is 0 Å². The van der Waals surface area contributed by atoms with Crippen molar-refractivity contribution in [1.82, 2.24) is 0 Å².